The van der Waals surface area contributed by atoms with E-state index in [-0.39, 0.29) is 30.4 Å². The molecule has 0 N–H and O–H groups in total. The average molecular weight is 732 g/mol. The molecule has 5 aromatic heterocycles. The van der Waals surface area contributed by atoms with Gasteiger partial charge in [-0.3, -0.25) is 19.4 Å². The van der Waals surface area contributed by atoms with Crippen molar-refractivity contribution in [3.8, 4) is 0 Å². The van der Waals surface area contributed by atoms with Crippen molar-refractivity contribution in [1.82, 2.24) is 28.7 Å². The van der Waals surface area contributed by atoms with Gasteiger partial charge in [0.05, 0.1) is 16.1 Å². The van der Waals surface area contributed by atoms with Gasteiger partial charge in [-0.05, 0) is 81.7 Å². The van der Waals surface area contributed by atoms with Crippen LogP contribution in [0.25, 0.3) is 11.3 Å². The summed E-state index contributed by atoms with van der Waals surface area (Å²) in [5, 5.41) is 0.482. The molecule has 0 saturated carbocycles. The number of carbonyl (C=O) groups excluding carboxylic acids is 3. The lowest BCUT2D eigenvalue weighted by Crippen LogP contribution is -2.44. The number of nitrogens with zero attached hydrogens (tertiary/aromatic N) is 6. The van der Waals surface area contributed by atoms with E-state index in [9.17, 15) is 14.4 Å². The number of carbonyl (C=O) groups is 3. The van der Waals surface area contributed by atoms with E-state index < -0.39 is 6.04 Å². The summed E-state index contributed by atoms with van der Waals surface area (Å²) in [7, 11) is 0. The van der Waals surface area contributed by atoms with Gasteiger partial charge in [0.2, 0.25) is 0 Å². The Hall–Kier alpha value is -5.45. The van der Waals surface area contributed by atoms with Gasteiger partial charge in [0.15, 0.2) is 17.2 Å². The van der Waals surface area contributed by atoms with Crippen LogP contribution in [0.15, 0.2) is 133 Å². The van der Waals surface area contributed by atoms with Crippen LogP contribution in [0.3, 0.4) is 0 Å². The second-order valence-corrected chi connectivity index (χ2v) is 12.8. The SMILES string of the molecule is Brc1cccn2ccnc12.O=C(c1ccc(CN2C(=O)c3ccc(Cl)cc3CC(=O)[C@H]2Cc2ccccn2)cc1)c1cccn2ccnc12. The van der Waals surface area contributed by atoms with Gasteiger partial charge in [0.25, 0.3) is 5.91 Å². The number of fused-ring (bicyclic) bond motifs is 3. The van der Waals surface area contributed by atoms with Gasteiger partial charge in [-0.15, -0.1) is 0 Å². The number of benzene rings is 2. The van der Waals surface area contributed by atoms with E-state index in [1.54, 1.807) is 70.5 Å². The fourth-order valence-corrected chi connectivity index (χ4v) is 6.62. The molecule has 0 unspecified atom stereocenters. The van der Waals surface area contributed by atoms with Crippen LogP contribution in [0.4, 0.5) is 0 Å². The number of hydrogen-bond donors (Lipinski definition) is 0. The van der Waals surface area contributed by atoms with E-state index >= 15 is 0 Å². The van der Waals surface area contributed by atoms with Crippen LogP contribution in [0.1, 0.15) is 43.1 Å². The third kappa shape index (κ3) is 6.78. The molecule has 0 aliphatic carbocycles. The Morgan fingerprint density at radius 1 is 0.796 bits per heavy atom. The Morgan fingerprint density at radius 2 is 1.53 bits per heavy atom. The molecule has 1 aliphatic heterocycles. The molecule has 0 saturated heterocycles. The Kier molecular flexibility index (Phi) is 9.15. The first kappa shape index (κ1) is 32.1. The summed E-state index contributed by atoms with van der Waals surface area (Å²) in [6.45, 7) is 0.203. The van der Waals surface area contributed by atoms with Crippen molar-refractivity contribution in [3.63, 3.8) is 0 Å². The smallest absolute Gasteiger partial charge is 0.255 e. The minimum atomic E-state index is -0.696. The fourth-order valence-electron chi connectivity index (χ4n) is 5.97. The molecular weight excluding hydrogens is 704 g/mol. The van der Waals surface area contributed by atoms with Gasteiger partial charge in [-0.2, -0.15) is 0 Å². The van der Waals surface area contributed by atoms with E-state index in [0.29, 0.717) is 39.3 Å². The van der Waals surface area contributed by atoms with Gasteiger partial charge in [0.1, 0.15) is 5.65 Å². The lowest BCUT2D eigenvalue weighted by molar-refractivity contribution is -0.122. The zero-order valence-electron chi connectivity index (χ0n) is 26.0. The molecule has 11 heteroatoms. The summed E-state index contributed by atoms with van der Waals surface area (Å²) in [4.78, 5) is 55.0. The first-order valence-corrected chi connectivity index (χ1v) is 16.7. The number of halogens is 2. The second kappa shape index (κ2) is 14.0. The molecule has 7 aromatic rings. The van der Waals surface area contributed by atoms with Crippen molar-refractivity contribution in [2.75, 3.05) is 0 Å². The highest BCUT2D eigenvalue weighted by atomic mass is 79.9. The quantitative estimate of drug-likeness (QED) is 0.169. The number of aromatic nitrogens is 5. The summed E-state index contributed by atoms with van der Waals surface area (Å²) in [6.07, 6.45) is 13.0. The average Bonchev–Trinajstić information content (AvgIpc) is 3.80. The number of hydrogen-bond acceptors (Lipinski definition) is 6. The Bertz CT molecular complexity index is 2320. The predicted molar refractivity (Wildman–Crippen MR) is 190 cm³/mol. The number of amides is 1. The molecule has 8 rings (SSSR count). The summed E-state index contributed by atoms with van der Waals surface area (Å²) >= 11 is 9.58. The summed E-state index contributed by atoms with van der Waals surface area (Å²) in [6, 6.07) is 24.5. The highest BCUT2D eigenvalue weighted by molar-refractivity contribution is 9.10. The fraction of sp³-hybridized carbons (Fsp3) is 0.105. The van der Waals surface area contributed by atoms with Gasteiger partial charge < -0.3 is 13.7 Å². The van der Waals surface area contributed by atoms with E-state index in [2.05, 4.69) is 30.9 Å². The molecule has 49 heavy (non-hydrogen) atoms. The molecule has 242 valence electrons. The number of pyridine rings is 3. The van der Waals surface area contributed by atoms with Crippen LogP contribution in [-0.4, -0.2) is 52.2 Å². The third-order valence-corrected chi connectivity index (χ3v) is 9.26. The van der Waals surface area contributed by atoms with Crippen molar-refractivity contribution in [2.45, 2.75) is 25.4 Å². The van der Waals surface area contributed by atoms with E-state index in [0.717, 1.165) is 21.4 Å². The number of Topliss-reactive ketones (excluding diaryl/α,β-unsaturated/α-hetero) is 1. The largest absolute Gasteiger partial charge is 0.324 e. The van der Waals surface area contributed by atoms with Gasteiger partial charge in [-0.1, -0.05) is 41.9 Å². The van der Waals surface area contributed by atoms with Crippen molar-refractivity contribution in [2.24, 2.45) is 0 Å². The Morgan fingerprint density at radius 3 is 2.27 bits per heavy atom. The minimum Gasteiger partial charge on any atom is -0.324 e. The predicted octanol–water partition coefficient (Wildman–Crippen LogP) is 7.09. The van der Waals surface area contributed by atoms with Crippen molar-refractivity contribution >= 4 is 56.3 Å². The van der Waals surface area contributed by atoms with Crippen LogP contribution < -0.4 is 0 Å². The van der Waals surface area contributed by atoms with Crippen LogP contribution >= 0.6 is 27.5 Å². The third-order valence-electron chi connectivity index (χ3n) is 8.40. The van der Waals surface area contributed by atoms with E-state index in [1.807, 2.05) is 71.5 Å². The zero-order valence-corrected chi connectivity index (χ0v) is 28.3. The Labute approximate surface area is 295 Å². The first-order valence-electron chi connectivity index (χ1n) is 15.5. The van der Waals surface area contributed by atoms with Gasteiger partial charge in [0, 0.05) is 84.6 Å². The monoisotopic (exact) mass is 730 g/mol. The maximum atomic E-state index is 13.8. The molecule has 6 heterocycles. The minimum absolute atomic E-state index is 0.0744. The van der Waals surface area contributed by atoms with Crippen LogP contribution in [0.5, 0.6) is 0 Å². The molecule has 0 bridgehead atoms. The topological polar surface area (TPSA) is 102 Å². The van der Waals surface area contributed by atoms with Gasteiger partial charge in [-0.25, -0.2) is 9.97 Å². The van der Waals surface area contributed by atoms with E-state index in [4.69, 9.17) is 11.6 Å². The summed E-state index contributed by atoms with van der Waals surface area (Å²) in [5.74, 6) is -0.451. The Balaban J connectivity index is 0.000000322. The zero-order chi connectivity index (χ0) is 33.9. The molecule has 1 atom stereocenters. The second-order valence-electron chi connectivity index (χ2n) is 11.5. The van der Waals surface area contributed by atoms with Crippen LogP contribution in [-0.2, 0) is 24.2 Å². The van der Waals surface area contributed by atoms with Crippen molar-refractivity contribution in [3.05, 3.63) is 171 Å². The summed E-state index contributed by atoms with van der Waals surface area (Å²) < 4.78 is 4.79. The van der Waals surface area contributed by atoms with Gasteiger partial charge >= 0.3 is 0 Å². The molecule has 0 radical (unpaired) electrons. The van der Waals surface area contributed by atoms with Crippen LogP contribution in [0, 0.1) is 0 Å². The highest BCUT2D eigenvalue weighted by Gasteiger charge is 2.35. The number of ketones is 2. The van der Waals surface area contributed by atoms with E-state index in [1.165, 1.54) is 0 Å². The molecule has 2 aromatic carbocycles. The molecular formula is C38H28BrClN6O3. The van der Waals surface area contributed by atoms with Crippen LogP contribution in [0.2, 0.25) is 5.02 Å². The highest BCUT2D eigenvalue weighted by Crippen LogP contribution is 2.27. The molecule has 9 nitrogen and oxygen atoms in total. The number of imidazole rings is 2. The first-order chi connectivity index (χ1) is 23.9. The maximum Gasteiger partial charge on any atom is 0.255 e. The molecule has 0 fully saturated rings. The number of rotatable bonds is 6. The lowest BCUT2D eigenvalue weighted by Gasteiger charge is -2.29. The summed E-state index contributed by atoms with van der Waals surface area (Å²) in [5.41, 5.74) is 5.20. The molecule has 1 aliphatic rings. The lowest BCUT2D eigenvalue weighted by atomic mass is 9.99. The van der Waals surface area contributed by atoms with Crippen molar-refractivity contribution in [1.29, 1.82) is 0 Å². The normalized spacial score (nSPS) is 14.3. The maximum absolute atomic E-state index is 13.8. The molecule has 1 amide bonds. The molecule has 0 spiro atoms. The van der Waals surface area contributed by atoms with Crippen molar-refractivity contribution < 1.29 is 14.4 Å². The standard InChI is InChI=1S/C31H23ClN4O3.C7H5BrN2/c32-23-10-11-25-22(16-23)17-28(37)27(18-24-4-1-2-12-33-24)36(31(25)39)19-20-6-8-21(9-7-20)29(38)26-5-3-14-35-15-13-34-30(26)35;8-6-2-1-4-10-5-3-9-7(6)10/h1-16,27H,17-19H2;1-5H/t27-;/m1./s1.